The Labute approximate surface area is 86.9 Å². The van der Waals surface area contributed by atoms with Gasteiger partial charge in [0.05, 0.1) is 6.04 Å². The predicted molar refractivity (Wildman–Crippen MR) is 56.2 cm³/mol. The molecule has 1 aromatic heterocycles. The van der Waals surface area contributed by atoms with Crippen molar-refractivity contribution in [3.8, 4) is 0 Å². The van der Waals surface area contributed by atoms with Crippen LogP contribution in [0.4, 0.5) is 0 Å². The normalized spacial score (nSPS) is 15.0. The molecular weight excluding hydrogens is 206 g/mol. The number of hydrogen-bond donors (Lipinski definition) is 1. The molecule has 0 aromatic carbocycles. The van der Waals surface area contributed by atoms with Crippen molar-refractivity contribution in [2.24, 2.45) is 0 Å². The number of thiophene rings is 1. The second-order valence-electron chi connectivity index (χ2n) is 2.90. The zero-order valence-corrected chi connectivity index (χ0v) is 9.15. The van der Waals surface area contributed by atoms with E-state index in [9.17, 15) is 4.79 Å². The van der Waals surface area contributed by atoms with Crippen LogP contribution in [0.1, 0.15) is 25.5 Å². The fourth-order valence-corrected chi connectivity index (χ4v) is 1.75. The van der Waals surface area contributed by atoms with Crippen molar-refractivity contribution >= 4 is 28.8 Å². The molecule has 0 saturated heterocycles. The fourth-order valence-electron chi connectivity index (χ4n) is 0.933. The molecule has 1 N–H and O–H groups in total. The second-order valence-corrected chi connectivity index (χ2v) is 4.34. The van der Waals surface area contributed by atoms with E-state index in [1.54, 1.807) is 18.3 Å². The fraction of sp³-hybridized carbons (Fsp3) is 0.444. The summed E-state index contributed by atoms with van der Waals surface area (Å²) in [7, 11) is 0. The first kappa shape index (κ1) is 10.5. The van der Waals surface area contributed by atoms with E-state index < -0.39 is 5.38 Å². The largest absolute Gasteiger partial charge is 0.348 e. The maximum Gasteiger partial charge on any atom is 0.238 e. The maximum absolute atomic E-state index is 11.2. The number of rotatable bonds is 3. The monoisotopic (exact) mass is 217 g/mol. The molecule has 2 atom stereocenters. The van der Waals surface area contributed by atoms with Crippen molar-refractivity contribution in [3.63, 3.8) is 0 Å². The van der Waals surface area contributed by atoms with Crippen LogP contribution < -0.4 is 5.32 Å². The number of hydrogen-bond acceptors (Lipinski definition) is 2. The number of carbonyl (C=O) groups is 1. The molecular formula is C9H12ClNOS. The van der Waals surface area contributed by atoms with Gasteiger partial charge in [0.1, 0.15) is 5.38 Å². The molecule has 4 heteroatoms. The van der Waals surface area contributed by atoms with Crippen LogP contribution in [0.3, 0.4) is 0 Å². The van der Waals surface area contributed by atoms with Gasteiger partial charge in [-0.05, 0) is 36.2 Å². The zero-order chi connectivity index (χ0) is 9.84. The molecule has 2 nitrogen and oxygen atoms in total. The van der Waals surface area contributed by atoms with Crippen LogP contribution in [-0.2, 0) is 4.79 Å². The molecule has 0 aliphatic heterocycles. The van der Waals surface area contributed by atoms with E-state index >= 15 is 0 Å². The van der Waals surface area contributed by atoms with Crippen LogP contribution >= 0.6 is 22.9 Å². The molecule has 1 aromatic rings. The third kappa shape index (κ3) is 3.01. The van der Waals surface area contributed by atoms with Crippen molar-refractivity contribution in [1.29, 1.82) is 0 Å². The van der Waals surface area contributed by atoms with Crippen molar-refractivity contribution in [2.45, 2.75) is 25.3 Å². The lowest BCUT2D eigenvalue weighted by Crippen LogP contribution is -2.31. The smallest absolute Gasteiger partial charge is 0.238 e. The number of halogens is 1. The Kier molecular flexibility index (Phi) is 3.75. The second kappa shape index (κ2) is 4.63. The van der Waals surface area contributed by atoms with Gasteiger partial charge in [-0.1, -0.05) is 0 Å². The minimum Gasteiger partial charge on any atom is -0.348 e. The molecule has 1 amide bonds. The molecule has 0 spiro atoms. The lowest BCUT2D eigenvalue weighted by atomic mass is 10.2. The summed E-state index contributed by atoms with van der Waals surface area (Å²) in [4.78, 5) is 11.2. The van der Waals surface area contributed by atoms with Crippen LogP contribution in [0.15, 0.2) is 16.8 Å². The number of nitrogens with one attached hydrogen (secondary N) is 1. The lowest BCUT2D eigenvalue weighted by Gasteiger charge is -2.13. The topological polar surface area (TPSA) is 29.1 Å². The highest BCUT2D eigenvalue weighted by Crippen LogP contribution is 2.15. The summed E-state index contributed by atoms with van der Waals surface area (Å²) >= 11 is 7.24. The summed E-state index contributed by atoms with van der Waals surface area (Å²) in [6, 6.07) is 2.04. The summed E-state index contributed by atoms with van der Waals surface area (Å²) < 4.78 is 0. The van der Waals surface area contributed by atoms with E-state index in [1.807, 2.05) is 23.8 Å². The molecule has 2 unspecified atom stereocenters. The third-order valence-electron chi connectivity index (χ3n) is 1.76. The van der Waals surface area contributed by atoms with Gasteiger partial charge < -0.3 is 5.32 Å². The Balaban J connectivity index is 2.51. The van der Waals surface area contributed by atoms with Crippen LogP contribution in [0.2, 0.25) is 0 Å². The van der Waals surface area contributed by atoms with Crippen molar-refractivity contribution in [3.05, 3.63) is 22.4 Å². The standard InChI is InChI=1S/C9H12ClNOS/c1-6(10)9(12)11-7(2)8-3-4-13-5-8/h3-7H,1-2H3,(H,11,12). The maximum atomic E-state index is 11.2. The Morgan fingerprint density at radius 2 is 2.31 bits per heavy atom. The highest BCUT2D eigenvalue weighted by molar-refractivity contribution is 7.07. The van der Waals surface area contributed by atoms with Crippen LogP contribution in [0.25, 0.3) is 0 Å². The van der Waals surface area contributed by atoms with E-state index in [2.05, 4.69) is 5.32 Å². The Hall–Kier alpha value is -0.540. The average molecular weight is 218 g/mol. The Morgan fingerprint density at radius 3 is 2.77 bits per heavy atom. The molecule has 0 fully saturated rings. The van der Waals surface area contributed by atoms with Crippen LogP contribution in [-0.4, -0.2) is 11.3 Å². The third-order valence-corrected chi connectivity index (χ3v) is 2.66. The molecule has 0 radical (unpaired) electrons. The number of carbonyl (C=O) groups excluding carboxylic acids is 1. The Morgan fingerprint density at radius 1 is 1.62 bits per heavy atom. The SMILES string of the molecule is CC(Cl)C(=O)NC(C)c1ccsc1. The van der Waals surface area contributed by atoms with Crippen LogP contribution in [0.5, 0.6) is 0 Å². The van der Waals surface area contributed by atoms with Gasteiger partial charge in [0, 0.05) is 0 Å². The van der Waals surface area contributed by atoms with Crippen LogP contribution in [0, 0.1) is 0 Å². The molecule has 13 heavy (non-hydrogen) atoms. The van der Waals surface area contributed by atoms with E-state index in [4.69, 9.17) is 11.6 Å². The zero-order valence-electron chi connectivity index (χ0n) is 7.58. The highest BCUT2D eigenvalue weighted by Gasteiger charge is 2.13. The van der Waals surface area contributed by atoms with Gasteiger partial charge in [0.2, 0.25) is 5.91 Å². The summed E-state index contributed by atoms with van der Waals surface area (Å²) in [5.74, 6) is -0.125. The van der Waals surface area contributed by atoms with Gasteiger partial charge >= 0.3 is 0 Å². The average Bonchev–Trinajstić information content (AvgIpc) is 2.55. The van der Waals surface area contributed by atoms with E-state index in [0.29, 0.717) is 0 Å². The Bertz CT molecular complexity index is 271. The summed E-state index contributed by atoms with van der Waals surface area (Å²) in [6.07, 6.45) is 0. The predicted octanol–water partition coefficient (Wildman–Crippen LogP) is 2.55. The highest BCUT2D eigenvalue weighted by atomic mass is 35.5. The van der Waals surface area contributed by atoms with Crippen molar-refractivity contribution in [2.75, 3.05) is 0 Å². The first-order valence-corrected chi connectivity index (χ1v) is 5.45. The first-order valence-electron chi connectivity index (χ1n) is 4.08. The number of alkyl halides is 1. The quantitative estimate of drug-likeness (QED) is 0.775. The summed E-state index contributed by atoms with van der Waals surface area (Å²) in [6.45, 7) is 3.61. The van der Waals surface area contributed by atoms with Gasteiger partial charge in [-0.2, -0.15) is 11.3 Å². The van der Waals surface area contributed by atoms with Gasteiger partial charge in [-0.15, -0.1) is 11.6 Å². The number of amides is 1. The summed E-state index contributed by atoms with van der Waals surface area (Å²) in [5.41, 5.74) is 1.12. The summed E-state index contributed by atoms with van der Waals surface area (Å²) in [5, 5.41) is 6.35. The molecule has 72 valence electrons. The first-order chi connectivity index (χ1) is 6.11. The lowest BCUT2D eigenvalue weighted by molar-refractivity contribution is -0.121. The van der Waals surface area contributed by atoms with Crippen molar-refractivity contribution < 1.29 is 4.79 Å². The molecule has 0 bridgehead atoms. The minimum absolute atomic E-state index is 0.0416. The molecule has 0 aliphatic rings. The van der Waals surface area contributed by atoms with E-state index in [-0.39, 0.29) is 11.9 Å². The molecule has 0 aliphatic carbocycles. The minimum atomic E-state index is -0.471. The van der Waals surface area contributed by atoms with Gasteiger partial charge in [0.15, 0.2) is 0 Å². The van der Waals surface area contributed by atoms with Gasteiger partial charge in [-0.3, -0.25) is 4.79 Å². The molecule has 1 rings (SSSR count). The van der Waals surface area contributed by atoms with E-state index in [1.165, 1.54) is 0 Å². The molecule has 1 heterocycles. The van der Waals surface area contributed by atoms with Crippen molar-refractivity contribution in [1.82, 2.24) is 5.32 Å². The van der Waals surface area contributed by atoms with E-state index in [0.717, 1.165) is 5.56 Å². The van der Waals surface area contributed by atoms with Gasteiger partial charge in [0.25, 0.3) is 0 Å². The molecule has 0 saturated carbocycles. The van der Waals surface area contributed by atoms with Gasteiger partial charge in [-0.25, -0.2) is 0 Å².